The summed E-state index contributed by atoms with van der Waals surface area (Å²) in [5.41, 5.74) is 1.32. The van der Waals surface area contributed by atoms with Gasteiger partial charge in [0, 0.05) is 29.1 Å². The lowest BCUT2D eigenvalue weighted by atomic mass is 10.2. The third-order valence-electron chi connectivity index (χ3n) is 2.79. The van der Waals surface area contributed by atoms with Gasteiger partial charge in [-0.3, -0.25) is 14.9 Å². The van der Waals surface area contributed by atoms with Gasteiger partial charge in [0.15, 0.2) is 0 Å². The second kappa shape index (κ2) is 6.32. The molecular weight excluding hydrogens is 294 g/mol. The van der Waals surface area contributed by atoms with Crippen molar-refractivity contribution in [1.82, 2.24) is 4.98 Å². The average molecular weight is 306 g/mol. The smallest absolute Gasteiger partial charge is 0.271 e. The van der Waals surface area contributed by atoms with E-state index in [2.05, 4.69) is 10.3 Å². The molecule has 0 spiro atoms. The molecule has 6 nitrogen and oxygen atoms in total. The summed E-state index contributed by atoms with van der Waals surface area (Å²) in [5.74, 6) is -0.394. The second-order valence-electron chi connectivity index (χ2n) is 4.28. The molecule has 0 aliphatic heterocycles. The van der Waals surface area contributed by atoms with Crippen molar-refractivity contribution in [2.24, 2.45) is 0 Å². The van der Waals surface area contributed by atoms with Crippen LogP contribution in [-0.4, -0.2) is 15.8 Å². The third-order valence-corrected chi connectivity index (χ3v) is 2.98. The molecular formula is C14H12ClN3O3. The summed E-state index contributed by atoms with van der Waals surface area (Å²) in [4.78, 5) is 26.4. The molecule has 1 amide bonds. The number of rotatable bonds is 4. The molecule has 0 bridgehead atoms. The first-order chi connectivity index (χ1) is 9.99. The Morgan fingerprint density at radius 1 is 1.38 bits per heavy atom. The van der Waals surface area contributed by atoms with Gasteiger partial charge in [0.05, 0.1) is 4.92 Å². The topological polar surface area (TPSA) is 85.1 Å². The van der Waals surface area contributed by atoms with Gasteiger partial charge in [-0.2, -0.15) is 0 Å². The number of aromatic nitrogens is 1. The molecule has 1 aromatic carbocycles. The van der Waals surface area contributed by atoms with E-state index in [4.69, 9.17) is 11.6 Å². The summed E-state index contributed by atoms with van der Waals surface area (Å²) in [6, 6.07) is 8.82. The van der Waals surface area contributed by atoms with Crippen LogP contribution in [0.3, 0.4) is 0 Å². The van der Waals surface area contributed by atoms with Gasteiger partial charge >= 0.3 is 0 Å². The predicted molar refractivity (Wildman–Crippen MR) is 79.7 cm³/mol. The number of aryl methyl sites for hydroxylation is 1. The lowest BCUT2D eigenvalue weighted by molar-refractivity contribution is -0.384. The molecule has 0 atom stereocenters. The Bertz CT molecular complexity index is 704. The molecule has 2 rings (SSSR count). The number of carbonyl (C=O) groups excluding carboxylic acids is 1. The van der Waals surface area contributed by atoms with Crippen molar-refractivity contribution in [1.29, 1.82) is 0 Å². The summed E-state index contributed by atoms with van der Waals surface area (Å²) in [7, 11) is 0. The zero-order chi connectivity index (χ0) is 15.4. The summed E-state index contributed by atoms with van der Waals surface area (Å²) >= 11 is 5.86. The molecule has 0 saturated heterocycles. The van der Waals surface area contributed by atoms with Gasteiger partial charge in [0.25, 0.3) is 11.6 Å². The van der Waals surface area contributed by atoms with Crippen LogP contribution in [0.2, 0.25) is 5.15 Å². The molecule has 0 fully saturated rings. The van der Waals surface area contributed by atoms with Gasteiger partial charge in [-0.1, -0.05) is 24.6 Å². The lowest BCUT2D eigenvalue weighted by Crippen LogP contribution is -2.12. The Morgan fingerprint density at radius 2 is 2.14 bits per heavy atom. The van der Waals surface area contributed by atoms with E-state index in [1.165, 1.54) is 24.3 Å². The van der Waals surface area contributed by atoms with Gasteiger partial charge < -0.3 is 5.32 Å². The Labute approximate surface area is 125 Å². The molecule has 7 heteroatoms. The van der Waals surface area contributed by atoms with Crippen LogP contribution in [-0.2, 0) is 6.42 Å². The van der Waals surface area contributed by atoms with Crippen LogP contribution < -0.4 is 5.32 Å². The number of amides is 1. The number of hydrogen-bond acceptors (Lipinski definition) is 4. The number of anilines is 1. The van der Waals surface area contributed by atoms with Gasteiger partial charge in [-0.25, -0.2) is 4.98 Å². The fourth-order valence-corrected chi connectivity index (χ4v) is 1.99. The van der Waals surface area contributed by atoms with E-state index in [0.717, 1.165) is 0 Å². The quantitative estimate of drug-likeness (QED) is 0.532. The monoisotopic (exact) mass is 305 g/mol. The largest absolute Gasteiger partial charge is 0.322 e. The first kappa shape index (κ1) is 14.9. The maximum Gasteiger partial charge on any atom is 0.271 e. The zero-order valence-electron chi connectivity index (χ0n) is 11.2. The highest BCUT2D eigenvalue weighted by Crippen LogP contribution is 2.19. The summed E-state index contributed by atoms with van der Waals surface area (Å²) < 4.78 is 0. The lowest BCUT2D eigenvalue weighted by Gasteiger charge is -2.07. The van der Waals surface area contributed by atoms with E-state index in [0.29, 0.717) is 23.4 Å². The van der Waals surface area contributed by atoms with E-state index < -0.39 is 10.8 Å². The standard InChI is InChI=1S/C14H12ClN3O3/c1-2-10-6-9(7-13(15)16-10)14(19)17-11-4-3-5-12(8-11)18(20)21/h3-8H,2H2,1H3,(H,17,19). The van der Waals surface area contributed by atoms with Gasteiger partial charge in [-0.05, 0) is 24.6 Å². The second-order valence-corrected chi connectivity index (χ2v) is 4.67. The van der Waals surface area contributed by atoms with Crippen molar-refractivity contribution in [3.05, 3.63) is 62.9 Å². The van der Waals surface area contributed by atoms with Crippen LogP contribution in [0.25, 0.3) is 0 Å². The SMILES string of the molecule is CCc1cc(C(=O)Nc2cccc([N+](=O)[O-])c2)cc(Cl)n1. The first-order valence-electron chi connectivity index (χ1n) is 6.22. The Kier molecular flexibility index (Phi) is 4.49. The number of benzene rings is 1. The Morgan fingerprint density at radius 3 is 2.81 bits per heavy atom. The molecule has 108 valence electrons. The Hall–Kier alpha value is -2.47. The predicted octanol–water partition coefficient (Wildman–Crippen LogP) is 3.46. The summed E-state index contributed by atoms with van der Waals surface area (Å²) in [6.07, 6.45) is 0.650. The number of nitro benzene ring substituents is 1. The van der Waals surface area contributed by atoms with Crippen molar-refractivity contribution >= 4 is 28.9 Å². The zero-order valence-corrected chi connectivity index (χ0v) is 11.9. The summed E-state index contributed by atoms with van der Waals surface area (Å²) in [5, 5.41) is 13.5. The number of carbonyl (C=O) groups is 1. The van der Waals surface area contributed by atoms with Crippen molar-refractivity contribution in [2.75, 3.05) is 5.32 Å². The number of halogens is 1. The average Bonchev–Trinajstić information content (AvgIpc) is 2.46. The number of pyridine rings is 1. The van der Waals surface area contributed by atoms with Crippen LogP contribution >= 0.6 is 11.6 Å². The van der Waals surface area contributed by atoms with Crippen LogP contribution in [0, 0.1) is 10.1 Å². The van der Waals surface area contributed by atoms with E-state index in [1.54, 1.807) is 12.1 Å². The maximum atomic E-state index is 12.1. The van der Waals surface area contributed by atoms with Crippen molar-refractivity contribution in [2.45, 2.75) is 13.3 Å². The molecule has 21 heavy (non-hydrogen) atoms. The molecule has 1 aromatic heterocycles. The van der Waals surface area contributed by atoms with Gasteiger partial charge in [0.1, 0.15) is 5.15 Å². The number of non-ortho nitro benzene ring substituents is 1. The normalized spacial score (nSPS) is 10.2. The van der Waals surface area contributed by atoms with Crippen LogP contribution in [0.15, 0.2) is 36.4 Å². The molecule has 0 unspecified atom stereocenters. The number of nitrogens with one attached hydrogen (secondary N) is 1. The van der Waals surface area contributed by atoms with Crippen LogP contribution in [0.4, 0.5) is 11.4 Å². The van der Waals surface area contributed by atoms with Gasteiger partial charge in [0.2, 0.25) is 0 Å². The fourth-order valence-electron chi connectivity index (χ4n) is 1.76. The highest BCUT2D eigenvalue weighted by Gasteiger charge is 2.11. The van der Waals surface area contributed by atoms with E-state index in [9.17, 15) is 14.9 Å². The number of nitro groups is 1. The third kappa shape index (κ3) is 3.76. The highest BCUT2D eigenvalue weighted by atomic mass is 35.5. The highest BCUT2D eigenvalue weighted by molar-refractivity contribution is 6.29. The van der Waals surface area contributed by atoms with E-state index >= 15 is 0 Å². The van der Waals surface area contributed by atoms with Crippen LogP contribution in [0.5, 0.6) is 0 Å². The maximum absolute atomic E-state index is 12.1. The van der Waals surface area contributed by atoms with Crippen molar-refractivity contribution in [3.8, 4) is 0 Å². The van der Waals surface area contributed by atoms with E-state index in [-0.39, 0.29) is 10.8 Å². The minimum Gasteiger partial charge on any atom is -0.322 e. The first-order valence-corrected chi connectivity index (χ1v) is 6.59. The van der Waals surface area contributed by atoms with E-state index in [1.807, 2.05) is 6.92 Å². The van der Waals surface area contributed by atoms with Crippen LogP contribution in [0.1, 0.15) is 23.0 Å². The molecule has 0 aliphatic carbocycles. The minimum atomic E-state index is -0.520. The van der Waals surface area contributed by atoms with Crippen molar-refractivity contribution < 1.29 is 9.72 Å². The molecule has 0 saturated carbocycles. The fraction of sp³-hybridized carbons (Fsp3) is 0.143. The molecule has 0 radical (unpaired) electrons. The minimum absolute atomic E-state index is 0.0881. The Balaban J connectivity index is 2.23. The molecule has 2 aromatic rings. The molecule has 1 N–H and O–H groups in total. The van der Waals surface area contributed by atoms with Gasteiger partial charge in [-0.15, -0.1) is 0 Å². The molecule has 0 aliphatic rings. The number of hydrogen-bond donors (Lipinski definition) is 1. The summed E-state index contributed by atoms with van der Waals surface area (Å²) in [6.45, 7) is 1.90. The molecule has 1 heterocycles. The van der Waals surface area contributed by atoms with Crippen molar-refractivity contribution in [3.63, 3.8) is 0 Å². The number of nitrogens with zero attached hydrogens (tertiary/aromatic N) is 2.